The number of rotatable bonds is 2. The molecular weight excluding hydrogens is 261 g/mol. The van der Waals surface area contributed by atoms with Crippen LogP contribution in [0.25, 0.3) is 0 Å². The molecular formula is C13H20BNO3S. The van der Waals surface area contributed by atoms with Gasteiger partial charge in [-0.3, -0.25) is 4.98 Å². The fourth-order valence-electron chi connectivity index (χ4n) is 2.44. The Morgan fingerprint density at radius 1 is 1.26 bits per heavy atom. The molecule has 2 aliphatic rings. The van der Waals surface area contributed by atoms with Crippen molar-refractivity contribution in [1.29, 1.82) is 0 Å². The minimum atomic E-state index is -0.355. The lowest BCUT2D eigenvalue weighted by atomic mass is 9.81. The Bertz CT molecular complexity index is 452. The maximum atomic E-state index is 6.09. The first-order chi connectivity index (χ1) is 8.91. The zero-order chi connectivity index (χ0) is 13.7. The summed E-state index contributed by atoms with van der Waals surface area (Å²) in [6.45, 7) is 9.89. The lowest BCUT2D eigenvalue weighted by Gasteiger charge is -2.32. The van der Waals surface area contributed by atoms with Crippen LogP contribution in [0.1, 0.15) is 44.9 Å². The summed E-state index contributed by atoms with van der Waals surface area (Å²) in [5, 5.41) is 0. The highest BCUT2D eigenvalue weighted by molar-refractivity contribution is 7.11. The van der Waals surface area contributed by atoms with E-state index in [-0.39, 0.29) is 18.3 Å². The Kier molecular flexibility index (Phi) is 3.25. The maximum absolute atomic E-state index is 6.09. The van der Waals surface area contributed by atoms with Crippen molar-refractivity contribution >= 4 is 24.0 Å². The van der Waals surface area contributed by atoms with E-state index in [9.17, 15) is 0 Å². The number of thiazole rings is 1. The second-order valence-corrected chi connectivity index (χ2v) is 7.14. The molecule has 2 aliphatic heterocycles. The lowest BCUT2D eigenvalue weighted by molar-refractivity contribution is 0.00578. The van der Waals surface area contributed by atoms with Gasteiger partial charge in [-0.1, -0.05) is 0 Å². The third kappa shape index (κ3) is 2.25. The van der Waals surface area contributed by atoms with Gasteiger partial charge >= 0.3 is 7.12 Å². The Morgan fingerprint density at radius 3 is 2.53 bits per heavy atom. The number of nitrogens with zero attached hydrogens (tertiary/aromatic N) is 1. The van der Waals surface area contributed by atoms with Crippen LogP contribution in [0.2, 0.25) is 0 Å². The Balaban J connectivity index is 1.86. The molecule has 1 aromatic heterocycles. The first-order valence-electron chi connectivity index (χ1n) is 6.77. The van der Waals surface area contributed by atoms with Crippen LogP contribution in [-0.4, -0.2) is 36.5 Å². The third-order valence-electron chi connectivity index (χ3n) is 4.40. The number of hydrogen-bond donors (Lipinski definition) is 0. The highest BCUT2D eigenvalue weighted by Gasteiger charge is 2.53. The molecule has 104 valence electrons. The van der Waals surface area contributed by atoms with E-state index in [0.29, 0.717) is 5.92 Å². The van der Waals surface area contributed by atoms with Crippen molar-refractivity contribution in [3.63, 3.8) is 0 Å². The summed E-state index contributed by atoms with van der Waals surface area (Å²) in [6, 6.07) is 0. The molecule has 0 saturated carbocycles. The average Bonchev–Trinajstić information content (AvgIpc) is 3.00. The van der Waals surface area contributed by atoms with Gasteiger partial charge in [-0.25, -0.2) is 0 Å². The van der Waals surface area contributed by atoms with Crippen LogP contribution in [0.4, 0.5) is 0 Å². The molecule has 19 heavy (non-hydrogen) atoms. The van der Waals surface area contributed by atoms with Crippen molar-refractivity contribution in [2.24, 2.45) is 0 Å². The summed E-state index contributed by atoms with van der Waals surface area (Å²) in [4.78, 5) is 5.75. The highest BCUT2D eigenvalue weighted by Crippen LogP contribution is 2.37. The van der Waals surface area contributed by atoms with Crippen molar-refractivity contribution in [1.82, 2.24) is 4.98 Å². The minimum Gasteiger partial charge on any atom is -0.398 e. The fourth-order valence-corrected chi connectivity index (χ4v) is 3.37. The van der Waals surface area contributed by atoms with E-state index in [2.05, 4.69) is 32.7 Å². The third-order valence-corrected chi connectivity index (χ3v) is 5.41. The first kappa shape index (κ1) is 13.6. The average molecular weight is 281 g/mol. The van der Waals surface area contributed by atoms with Crippen LogP contribution in [0.5, 0.6) is 0 Å². The highest BCUT2D eigenvalue weighted by atomic mass is 32.1. The second-order valence-electron chi connectivity index (χ2n) is 6.25. The Hall–Kier alpha value is -0.425. The summed E-state index contributed by atoms with van der Waals surface area (Å²) in [6.07, 6.45) is 1.06. The molecule has 1 atom stereocenters. The SMILES string of the molecule is CC1(C)OB(c2ncsc2C2CCOC2)OC1(C)C. The van der Waals surface area contributed by atoms with Gasteiger partial charge in [0.1, 0.15) is 0 Å². The molecule has 0 amide bonds. The van der Waals surface area contributed by atoms with Crippen molar-refractivity contribution < 1.29 is 14.0 Å². The summed E-state index contributed by atoms with van der Waals surface area (Å²) < 4.78 is 17.7. The zero-order valence-corrected chi connectivity index (χ0v) is 12.8. The molecule has 0 bridgehead atoms. The van der Waals surface area contributed by atoms with E-state index in [1.54, 1.807) is 11.3 Å². The van der Waals surface area contributed by atoms with Crippen LogP contribution in [0.3, 0.4) is 0 Å². The van der Waals surface area contributed by atoms with Gasteiger partial charge in [0.05, 0.1) is 28.9 Å². The number of ether oxygens (including phenoxy) is 1. The topological polar surface area (TPSA) is 40.6 Å². The Labute approximate surface area is 118 Å². The molecule has 0 aromatic carbocycles. The van der Waals surface area contributed by atoms with E-state index >= 15 is 0 Å². The largest absolute Gasteiger partial charge is 0.515 e. The molecule has 0 aliphatic carbocycles. The predicted octanol–water partition coefficient (Wildman–Crippen LogP) is 1.95. The normalized spacial score (nSPS) is 29.1. The smallest absolute Gasteiger partial charge is 0.398 e. The molecule has 1 unspecified atom stereocenters. The number of hydrogen-bond acceptors (Lipinski definition) is 5. The van der Waals surface area contributed by atoms with Crippen LogP contribution >= 0.6 is 11.3 Å². The van der Waals surface area contributed by atoms with Crippen molar-refractivity contribution in [2.75, 3.05) is 13.2 Å². The van der Waals surface area contributed by atoms with Gasteiger partial charge in [0.15, 0.2) is 0 Å². The standard InChI is InChI=1S/C13H20BNO3S/c1-12(2)13(3,4)18-14(17-12)11-10(19-8-15-11)9-5-6-16-7-9/h8-9H,5-7H2,1-4H3. The summed E-state index contributed by atoms with van der Waals surface area (Å²) >= 11 is 1.68. The maximum Gasteiger partial charge on any atom is 0.515 e. The van der Waals surface area contributed by atoms with E-state index in [1.807, 2.05) is 5.51 Å². The van der Waals surface area contributed by atoms with Crippen molar-refractivity contribution in [2.45, 2.75) is 51.2 Å². The molecule has 1 aromatic rings. The van der Waals surface area contributed by atoms with Gasteiger partial charge in [0, 0.05) is 17.4 Å². The molecule has 0 N–H and O–H groups in total. The van der Waals surface area contributed by atoms with E-state index in [4.69, 9.17) is 14.0 Å². The molecule has 3 heterocycles. The van der Waals surface area contributed by atoms with E-state index < -0.39 is 0 Å². The van der Waals surface area contributed by atoms with Crippen LogP contribution < -0.4 is 5.59 Å². The van der Waals surface area contributed by atoms with E-state index in [0.717, 1.165) is 25.2 Å². The van der Waals surface area contributed by atoms with Crippen LogP contribution in [0, 0.1) is 0 Å². The molecule has 3 rings (SSSR count). The monoisotopic (exact) mass is 281 g/mol. The second kappa shape index (κ2) is 4.55. The molecule has 6 heteroatoms. The van der Waals surface area contributed by atoms with Crippen LogP contribution in [0.15, 0.2) is 5.51 Å². The molecule has 4 nitrogen and oxygen atoms in total. The minimum absolute atomic E-state index is 0.315. The fraction of sp³-hybridized carbons (Fsp3) is 0.769. The summed E-state index contributed by atoms with van der Waals surface area (Å²) in [7, 11) is -0.355. The molecule has 0 radical (unpaired) electrons. The summed E-state index contributed by atoms with van der Waals surface area (Å²) in [5.41, 5.74) is 2.20. The number of aromatic nitrogens is 1. The lowest BCUT2D eigenvalue weighted by Crippen LogP contribution is -2.41. The quantitative estimate of drug-likeness (QED) is 0.777. The van der Waals surface area contributed by atoms with Crippen molar-refractivity contribution in [3.8, 4) is 0 Å². The van der Waals surface area contributed by atoms with E-state index in [1.165, 1.54) is 4.88 Å². The molecule has 2 saturated heterocycles. The van der Waals surface area contributed by atoms with Gasteiger partial charge in [-0.2, -0.15) is 0 Å². The van der Waals surface area contributed by atoms with Gasteiger partial charge in [0.2, 0.25) is 0 Å². The molecule has 0 spiro atoms. The van der Waals surface area contributed by atoms with Gasteiger partial charge < -0.3 is 14.0 Å². The molecule has 2 fully saturated rings. The van der Waals surface area contributed by atoms with Gasteiger partial charge in [0.25, 0.3) is 0 Å². The Morgan fingerprint density at radius 2 is 1.95 bits per heavy atom. The zero-order valence-electron chi connectivity index (χ0n) is 11.9. The van der Waals surface area contributed by atoms with Crippen LogP contribution in [-0.2, 0) is 14.0 Å². The van der Waals surface area contributed by atoms with Crippen molar-refractivity contribution in [3.05, 3.63) is 10.4 Å². The van der Waals surface area contributed by atoms with Gasteiger partial charge in [-0.15, -0.1) is 11.3 Å². The van der Waals surface area contributed by atoms with Gasteiger partial charge in [-0.05, 0) is 34.1 Å². The summed E-state index contributed by atoms with van der Waals surface area (Å²) in [5.74, 6) is 0.446. The first-order valence-corrected chi connectivity index (χ1v) is 7.65. The predicted molar refractivity (Wildman–Crippen MR) is 76.0 cm³/mol.